The van der Waals surface area contributed by atoms with E-state index in [2.05, 4.69) is 57.7 Å². The van der Waals surface area contributed by atoms with Crippen LogP contribution in [0, 0.1) is 5.92 Å². The maximum atomic E-state index is 12.4. The molecular weight excluding hydrogens is 358 g/mol. The summed E-state index contributed by atoms with van der Waals surface area (Å²) >= 11 is 0. The molecule has 0 radical (unpaired) electrons. The van der Waals surface area contributed by atoms with Gasteiger partial charge in [-0.3, -0.25) is 14.7 Å². The van der Waals surface area contributed by atoms with Crippen LogP contribution in [0.4, 0.5) is 5.69 Å². The van der Waals surface area contributed by atoms with Crippen molar-refractivity contribution >= 4 is 11.6 Å². The summed E-state index contributed by atoms with van der Waals surface area (Å²) < 4.78 is 0. The number of pyridine rings is 1. The number of aromatic nitrogens is 1. The summed E-state index contributed by atoms with van der Waals surface area (Å²) in [7, 11) is 0. The highest BCUT2D eigenvalue weighted by atomic mass is 16.1. The van der Waals surface area contributed by atoms with Crippen molar-refractivity contribution in [3.63, 3.8) is 0 Å². The van der Waals surface area contributed by atoms with E-state index in [-0.39, 0.29) is 5.91 Å². The summed E-state index contributed by atoms with van der Waals surface area (Å²) in [6.45, 7) is 3.23. The van der Waals surface area contributed by atoms with E-state index in [1.54, 1.807) is 12.4 Å². The van der Waals surface area contributed by atoms with Gasteiger partial charge in [-0.1, -0.05) is 42.5 Å². The molecule has 0 aliphatic carbocycles. The molecule has 1 aliphatic heterocycles. The van der Waals surface area contributed by atoms with Gasteiger partial charge in [-0.2, -0.15) is 0 Å². The monoisotopic (exact) mass is 385 g/mol. The number of carbonyl (C=O) groups is 1. The van der Waals surface area contributed by atoms with Gasteiger partial charge in [0.25, 0.3) is 5.91 Å². The van der Waals surface area contributed by atoms with Crippen molar-refractivity contribution < 1.29 is 4.79 Å². The topological polar surface area (TPSA) is 45.2 Å². The Bertz CT molecular complexity index is 902. The molecule has 4 heteroatoms. The zero-order valence-electron chi connectivity index (χ0n) is 16.6. The third-order valence-electron chi connectivity index (χ3n) is 5.62. The molecule has 2 aromatic carbocycles. The Kier molecular flexibility index (Phi) is 6.32. The largest absolute Gasteiger partial charge is 0.321 e. The highest BCUT2D eigenvalue weighted by molar-refractivity contribution is 6.04. The Morgan fingerprint density at radius 1 is 0.931 bits per heavy atom. The number of nitrogens with zero attached hydrogens (tertiary/aromatic N) is 2. The third-order valence-corrected chi connectivity index (χ3v) is 5.62. The minimum atomic E-state index is -0.105. The highest BCUT2D eigenvalue weighted by Gasteiger charge is 2.19. The van der Waals surface area contributed by atoms with Crippen LogP contribution in [0.25, 0.3) is 0 Å². The molecule has 3 aromatic rings. The van der Waals surface area contributed by atoms with Gasteiger partial charge in [0.05, 0.1) is 11.9 Å². The van der Waals surface area contributed by atoms with E-state index in [9.17, 15) is 4.79 Å². The van der Waals surface area contributed by atoms with E-state index in [4.69, 9.17) is 0 Å². The SMILES string of the molecule is O=C(Nc1cccnc1)c1ccc(CN2CCC(Cc3ccccc3)CC2)cc1. The molecule has 0 atom stereocenters. The summed E-state index contributed by atoms with van der Waals surface area (Å²) in [5.74, 6) is 0.679. The van der Waals surface area contributed by atoms with Gasteiger partial charge in [-0.05, 0) is 73.7 Å². The van der Waals surface area contributed by atoms with Crippen LogP contribution < -0.4 is 5.32 Å². The van der Waals surface area contributed by atoms with Crippen molar-refractivity contribution in [1.29, 1.82) is 0 Å². The number of carbonyl (C=O) groups excluding carboxylic acids is 1. The lowest BCUT2D eigenvalue weighted by atomic mass is 9.90. The van der Waals surface area contributed by atoms with Gasteiger partial charge < -0.3 is 5.32 Å². The fraction of sp³-hybridized carbons (Fsp3) is 0.280. The molecule has 0 bridgehead atoms. The Balaban J connectivity index is 1.26. The van der Waals surface area contributed by atoms with Gasteiger partial charge in [0.2, 0.25) is 0 Å². The van der Waals surface area contributed by atoms with Gasteiger partial charge in [0, 0.05) is 18.3 Å². The lowest BCUT2D eigenvalue weighted by Crippen LogP contribution is -2.33. The number of nitrogens with one attached hydrogen (secondary N) is 1. The first kappa shape index (κ1) is 19.3. The normalized spacial score (nSPS) is 15.2. The Labute approximate surface area is 172 Å². The van der Waals surface area contributed by atoms with Crippen LogP contribution in [-0.4, -0.2) is 28.9 Å². The summed E-state index contributed by atoms with van der Waals surface area (Å²) in [5.41, 5.74) is 4.08. The van der Waals surface area contributed by atoms with Gasteiger partial charge in [0.15, 0.2) is 0 Å². The van der Waals surface area contributed by atoms with E-state index in [0.29, 0.717) is 11.3 Å². The molecule has 4 rings (SSSR count). The molecule has 1 saturated heterocycles. The van der Waals surface area contributed by atoms with Crippen LogP contribution >= 0.6 is 0 Å². The third kappa shape index (κ3) is 5.52. The summed E-state index contributed by atoms with van der Waals surface area (Å²) in [5, 5.41) is 2.87. The molecular formula is C25H27N3O. The first-order valence-corrected chi connectivity index (χ1v) is 10.3. The average Bonchev–Trinajstić information content (AvgIpc) is 2.77. The van der Waals surface area contributed by atoms with E-state index >= 15 is 0 Å². The van der Waals surface area contributed by atoms with Crippen LogP contribution in [0.2, 0.25) is 0 Å². The van der Waals surface area contributed by atoms with Crippen molar-refractivity contribution in [2.75, 3.05) is 18.4 Å². The molecule has 2 heterocycles. The molecule has 148 valence electrons. The first-order chi connectivity index (χ1) is 14.3. The lowest BCUT2D eigenvalue weighted by molar-refractivity contribution is 0.102. The number of amides is 1. The molecule has 1 amide bonds. The smallest absolute Gasteiger partial charge is 0.255 e. The van der Waals surface area contributed by atoms with E-state index < -0.39 is 0 Å². The molecule has 0 spiro atoms. The highest BCUT2D eigenvalue weighted by Crippen LogP contribution is 2.23. The van der Waals surface area contributed by atoms with Crippen molar-refractivity contribution in [3.8, 4) is 0 Å². The quantitative estimate of drug-likeness (QED) is 0.664. The minimum absolute atomic E-state index is 0.105. The van der Waals surface area contributed by atoms with E-state index in [1.807, 2.05) is 24.3 Å². The standard InChI is InChI=1S/C25H27N3O/c29-25(27-24-7-4-14-26-18-24)23-10-8-22(9-11-23)19-28-15-12-21(13-16-28)17-20-5-2-1-3-6-20/h1-11,14,18,21H,12-13,15-17,19H2,(H,27,29). The zero-order chi connectivity index (χ0) is 19.9. The van der Waals surface area contributed by atoms with Gasteiger partial charge in [-0.15, -0.1) is 0 Å². The van der Waals surface area contributed by atoms with Gasteiger partial charge >= 0.3 is 0 Å². The number of likely N-dealkylation sites (tertiary alicyclic amines) is 1. The molecule has 1 aliphatic rings. The second-order valence-electron chi connectivity index (χ2n) is 7.80. The van der Waals surface area contributed by atoms with Gasteiger partial charge in [-0.25, -0.2) is 0 Å². The molecule has 29 heavy (non-hydrogen) atoms. The van der Waals surface area contributed by atoms with E-state index in [0.717, 1.165) is 25.6 Å². The van der Waals surface area contributed by atoms with Crippen LogP contribution in [0.3, 0.4) is 0 Å². The van der Waals surface area contributed by atoms with Crippen molar-refractivity contribution in [3.05, 3.63) is 95.8 Å². The molecule has 0 saturated carbocycles. The van der Waals surface area contributed by atoms with Crippen molar-refractivity contribution in [2.45, 2.75) is 25.8 Å². The van der Waals surface area contributed by atoms with Crippen LogP contribution in [0.1, 0.15) is 34.3 Å². The number of benzene rings is 2. The Morgan fingerprint density at radius 2 is 1.69 bits per heavy atom. The summed E-state index contributed by atoms with van der Waals surface area (Å²) in [4.78, 5) is 18.9. The van der Waals surface area contributed by atoms with Crippen molar-refractivity contribution in [2.24, 2.45) is 5.92 Å². The second-order valence-corrected chi connectivity index (χ2v) is 7.80. The number of anilines is 1. The zero-order valence-corrected chi connectivity index (χ0v) is 16.6. The predicted molar refractivity (Wildman–Crippen MR) is 117 cm³/mol. The molecule has 1 aromatic heterocycles. The number of piperidine rings is 1. The minimum Gasteiger partial charge on any atom is -0.321 e. The molecule has 1 N–H and O–H groups in total. The maximum Gasteiger partial charge on any atom is 0.255 e. The van der Waals surface area contributed by atoms with Gasteiger partial charge in [0.1, 0.15) is 0 Å². The Morgan fingerprint density at radius 3 is 2.38 bits per heavy atom. The summed E-state index contributed by atoms with van der Waals surface area (Å²) in [6.07, 6.45) is 7.03. The lowest BCUT2D eigenvalue weighted by Gasteiger charge is -2.32. The first-order valence-electron chi connectivity index (χ1n) is 10.3. The fourth-order valence-electron chi connectivity index (χ4n) is 3.96. The van der Waals surface area contributed by atoms with Crippen LogP contribution in [-0.2, 0) is 13.0 Å². The predicted octanol–water partition coefficient (Wildman–Crippen LogP) is 4.79. The van der Waals surface area contributed by atoms with Crippen LogP contribution in [0.15, 0.2) is 79.1 Å². The Hall–Kier alpha value is -2.98. The number of rotatable bonds is 6. The fourth-order valence-corrected chi connectivity index (χ4v) is 3.96. The summed E-state index contributed by atoms with van der Waals surface area (Å²) in [6, 6.07) is 22.4. The van der Waals surface area contributed by atoms with Crippen molar-refractivity contribution in [1.82, 2.24) is 9.88 Å². The average molecular weight is 386 g/mol. The number of hydrogen-bond acceptors (Lipinski definition) is 3. The van der Waals surface area contributed by atoms with Crippen LogP contribution in [0.5, 0.6) is 0 Å². The molecule has 1 fully saturated rings. The molecule has 0 unspecified atom stereocenters. The maximum absolute atomic E-state index is 12.4. The molecule has 4 nitrogen and oxygen atoms in total. The van der Waals surface area contributed by atoms with E-state index in [1.165, 1.54) is 30.4 Å². The second kappa shape index (κ2) is 9.48. The number of hydrogen-bond donors (Lipinski definition) is 1.